The highest BCUT2D eigenvalue weighted by molar-refractivity contribution is 5.64. The second kappa shape index (κ2) is 8.68. The highest BCUT2D eigenvalue weighted by Crippen LogP contribution is 2.32. The summed E-state index contributed by atoms with van der Waals surface area (Å²) < 4.78 is 9.62. The van der Waals surface area contributed by atoms with Crippen LogP contribution in [-0.2, 0) is 9.47 Å². The number of nitrogens with two attached hydrogens (primary N) is 1. The lowest BCUT2D eigenvalue weighted by Crippen LogP contribution is -2.26. The standard InChI is InChI=1S/C10H12O.C6H6O.C2H5NO2/c1-10(2)7-6-8-4-3-5-9(8)11-10;7-6-4-2-1-3-5-6;1-5-2(3)4/h3-6H,7H2,1-2H3;1-5,7H;1H3,(H2,3,4). The van der Waals surface area contributed by atoms with Gasteiger partial charge in [0.2, 0.25) is 0 Å². The maximum Gasteiger partial charge on any atom is 0.404 e. The number of amides is 1. The fraction of sp³-hybridized carbons (Fsp3) is 0.278. The Morgan fingerprint density at radius 2 is 1.91 bits per heavy atom. The van der Waals surface area contributed by atoms with E-state index in [0.717, 1.165) is 12.2 Å². The molecule has 3 N–H and O–H groups in total. The molecule has 0 saturated heterocycles. The Morgan fingerprint density at radius 1 is 1.30 bits per heavy atom. The summed E-state index contributed by atoms with van der Waals surface area (Å²) in [5, 5.41) is 8.63. The van der Waals surface area contributed by atoms with Crippen molar-refractivity contribution in [1.82, 2.24) is 0 Å². The van der Waals surface area contributed by atoms with Crippen molar-refractivity contribution in [3.05, 3.63) is 66.0 Å². The average Bonchev–Trinajstić information content (AvgIpc) is 2.95. The molecule has 5 heteroatoms. The minimum atomic E-state index is -0.745. The molecule has 0 radical (unpaired) electrons. The van der Waals surface area contributed by atoms with Crippen molar-refractivity contribution in [3.63, 3.8) is 0 Å². The predicted molar refractivity (Wildman–Crippen MR) is 89.8 cm³/mol. The second-order valence-electron chi connectivity index (χ2n) is 5.47. The van der Waals surface area contributed by atoms with E-state index in [1.54, 1.807) is 24.3 Å². The number of rotatable bonds is 0. The van der Waals surface area contributed by atoms with Crippen molar-refractivity contribution in [2.45, 2.75) is 25.9 Å². The molecule has 1 amide bonds. The molecule has 23 heavy (non-hydrogen) atoms. The molecule has 1 aromatic rings. The van der Waals surface area contributed by atoms with Gasteiger partial charge in [-0.1, -0.05) is 36.4 Å². The number of carbonyl (C=O) groups is 1. The van der Waals surface area contributed by atoms with E-state index in [1.807, 2.05) is 18.2 Å². The maximum absolute atomic E-state index is 9.37. The van der Waals surface area contributed by atoms with E-state index in [4.69, 9.17) is 9.84 Å². The lowest BCUT2D eigenvalue weighted by molar-refractivity contribution is 0.0362. The minimum Gasteiger partial charge on any atom is -0.508 e. The Morgan fingerprint density at radius 3 is 2.39 bits per heavy atom. The predicted octanol–water partition coefficient (Wildman–Crippen LogP) is 3.67. The van der Waals surface area contributed by atoms with Crippen molar-refractivity contribution >= 4 is 6.09 Å². The highest BCUT2D eigenvalue weighted by Gasteiger charge is 2.26. The van der Waals surface area contributed by atoms with Crippen LogP contribution in [0.1, 0.15) is 20.3 Å². The summed E-state index contributed by atoms with van der Waals surface area (Å²) in [4.78, 5) is 9.37. The molecular formula is C18H23NO4. The fourth-order valence-corrected chi connectivity index (χ4v) is 1.80. The molecule has 0 bridgehead atoms. The maximum atomic E-state index is 9.37. The molecule has 1 aliphatic carbocycles. The van der Waals surface area contributed by atoms with Crippen LogP contribution in [-0.4, -0.2) is 23.9 Å². The number of para-hydroxylation sites is 1. The summed E-state index contributed by atoms with van der Waals surface area (Å²) in [5.41, 5.74) is 5.66. The van der Waals surface area contributed by atoms with Gasteiger partial charge in [-0.3, -0.25) is 0 Å². The van der Waals surface area contributed by atoms with Crippen LogP contribution < -0.4 is 5.73 Å². The van der Waals surface area contributed by atoms with Crippen molar-refractivity contribution in [1.29, 1.82) is 0 Å². The topological polar surface area (TPSA) is 81.8 Å². The minimum absolute atomic E-state index is 0.0125. The molecule has 1 heterocycles. The Kier molecular flexibility index (Phi) is 6.93. The first-order valence-electron chi connectivity index (χ1n) is 7.19. The van der Waals surface area contributed by atoms with E-state index in [1.165, 1.54) is 12.7 Å². The molecule has 1 aliphatic heterocycles. The highest BCUT2D eigenvalue weighted by atomic mass is 16.5. The van der Waals surface area contributed by atoms with Crippen LogP contribution >= 0.6 is 0 Å². The number of aromatic hydroxyl groups is 1. The summed E-state index contributed by atoms with van der Waals surface area (Å²) in [6.45, 7) is 4.22. The zero-order chi connectivity index (χ0) is 17.3. The molecule has 0 saturated carbocycles. The first-order chi connectivity index (χ1) is 10.8. The second-order valence-corrected chi connectivity index (χ2v) is 5.47. The number of primary amides is 1. The van der Waals surface area contributed by atoms with Crippen LogP contribution in [0.15, 0.2) is 66.0 Å². The Bertz CT molecular complexity index is 601. The molecule has 0 unspecified atom stereocenters. The zero-order valence-electron chi connectivity index (χ0n) is 13.7. The molecule has 0 atom stereocenters. The van der Waals surface area contributed by atoms with Crippen LogP contribution in [0.3, 0.4) is 0 Å². The molecule has 0 fully saturated rings. The van der Waals surface area contributed by atoms with Crippen LogP contribution in [0.2, 0.25) is 0 Å². The van der Waals surface area contributed by atoms with Gasteiger partial charge in [-0.15, -0.1) is 0 Å². The summed E-state index contributed by atoms with van der Waals surface area (Å²) >= 11 is 0. The zero-order valence-corrected chi connectivity index (χ0v) is 13.7. The van der Waals surface area contributed by atoms with Gasteiger partial charge in [0.1, 0.15) is 17.1 Å². The number of methoxy groups -OCH3 is 1. The number of phenols is 1. The Balaban J connectivity index is 0.000000191. The molecule has 1 aromatic carbocycles. The third-order valence-corrected chi connectivity index (χ3v) is 2.97. The third-order valence-electron chi connectivity index (χ3n) is 2.97. The van der Waals surface area contributed by atoms with Gasteiger partial charge in [0.25, 0.3) is 0 Å². The van der Waals surface area contributed by atoms with Crippen molar-refractivity contribution in [3.8, 4) is 5.75 Å². The van der Waals surface area contributed by atoms with Crippen molar-refractivity contribution in [2.24, 2.45) is 5.73 Å². The molecule has 0 aromatic heterocycles. The van der Waals surface area contributed by atoms with Gasteiger partial charge >= 0.3 is 6.09 Å². The van der Waals surface area contributed by atoms with Gasteiger partial charge in [0.05, 0.1) is 7.11 Å². The molecule has 2 aliphatic rings. The van der Waals surface area contributed by atoms with Crippen LogP contribution in [0.25, 0.3) is 0 Å². The first kappa shape index (κ1) is 18.4. The number of carbonyl (C=O) groups excluding carboxylic acids is 1. The average molecular weight is 317 g/mol. The van der Waals surface area contributed by atoms with E-state index in [-0.39, 0.29) is 5.60 Å². The summed E-state index contributed by atoms with van der Waals surface area (Å²) in [6, 6.07) is 8.71. The molecule has 124 valence electrons. The Labute approximate surface area is 136 Å². The number of phenolic OH excluding ortho intramolecular Hbond substituents is 1. The van der Waals surface area contributed by atoms with Gasteiger partial charge < -0.3 is 20.3 Å². The smallest absolute Gasteiger partial charge is 0.404 e. The van der Waals surface area contributed by atoms with Gasteiger partial charge in [-0.25, -0.2) is 4.79 Å². The number of allylic oxidation sites excluding steroid dienone is 3. The molecule has 3 rings (SSSR count). The lowest BCUT2D eigenvalue weighted by Gasteiger charge is -2.30. The van der Waals surface area contributed by atoms with Crippen LogP contribution in [0.5, 0.6) is 5.75 Å². The number of fused-ring (bicyclic) bond motifs is 1. The Hall–Kier alpha value is -2.69. The number of hydrogen-bond donors (Lipinski definition) is 2. The van der Waals surface area contributed by atoms with Crippen LogP contribution in [0, 0.1) is 0 Å². The van der Waals surface area contributed by atoms with Gasteiger partial charge in [0.15, 0.2) is 0 Å². The van der Waals surface area contributed by atoms with Crippen LogP contribution in [0.4, 0.5) is 4.79 Å². The van der Waals surface area contributed by atoms with E-state index < -0.39 is 6.09 Å². The molecule has 0 spiro atoms. The molecule has 5 nitrogen and oxygen atoms in total. The monoisotopic (exact) mass is 317 g/mol. The number of benzene rings is 1. The number of hydrogen-bond acceptors (Lipinski definition) is 4. The van der Waals surface area contributed by atoms with Crippen molar-refractivity contribution in [2.75, 3.05) is 7.11 Å². The number of ether oxygens (including phenoxy) is 2. The normalized spacial score (nSPS) is 16.1. The lowest BCUT2D eigenvalue weighted by atomic mass is 9.99. The van der Waals surface area contributed by atoms with E-state index in [0.29, 0.717) is 5.75 Å². The SMILES string of the molecule is CC1(C)CC=C2C=CC=C2O1.COC(N)=O.Oc1ccccc1. The largest absolute Gasteiger partial charge is 0.508 e. The van der Waals surface area contributed by atoms with Gasteiger partial charge in [0, 0.05) is 12.0 Å². The van der Waals surface area contributed by atoms with Crippen molar-refractivity contribution < 1.29 is 19.4 Å². The van der Waals surface area contributed by atoms with Gasteiger partial charge in [-0.2, -0.15) is 0 Å². The fourth-order valence-electron chi connectivity index (χ4n) is 1.80. The third kappa shape index (κ3) is 7.22. The quantitative estimate of drug-likeness (QED) is 0.765. The van der Waals surface area contributed by atoms with E-state index in [2.05, 4.69) is 36.5 Å². The van der Waals surface area contributed by atoms with Gasteiger partial charge in [-0.05, 0) is 32.1 Å². The summed E-state index contributed by atoms with van der Waals surface area (Å²) in [7, 11) is 1.22. The first-order valence-corrected chi connectivity index (χ1v) is 7.19. The molecular weight excluding hydrogens is 294 g/mol. The van der Waals surface area contributed by atoms with E-state index >= 15 is 0 Å². The summed E-state index contributed by atoms with van der Waals surface area (Å²) in [6.07, 6.45) is 8.63. The van der Waals surface area contributed by atoms with E-state index in [9.17, 15) is 4.79 Å². The summed E-state index contributed by atoms with van der Waals surface area (Å²) in [5.74, 6) is 1.35.